The number of carbonyl (C=O) groups excluding carboxylic acids is 1. The third-order valence-electron chi connectivity index (χ3n) is 2.45. The third-order valence-corrected chi connectivity index (χ3v) is 2.76. The van der Waals surface area contributed by atoms with Gasteiger partial charge in [0, 0.05) is 11.7 Å². The Balaban J connectivity index is 2.70. The largest absolute Gasteiger partial charge is 0.383 e. The van der Waals surface area contributed by atoms with E-state index in [-0.39, 0.29) is 0 Å². The van der Waals surface area contributed by atoms with Gasteiger partial charge < -0.3 is 11.1 Å². The number of halogens is 1. The molecule has 0 aliphatic rings. The van der Waals surface area contributed by atoms with Gasteiger partial charge in [0.1, 0.15) is 0 Å². The first-order valence-corrected chi connectivity index (χ1v) is 5.89. The van der Waals surface area contributed by atoms with Gasteiger partial charge in [-0.05, 0) is 38.0 Å². The molecule has 1 amide bonds. The molecule has 0 aliphatic carbocycles. The van der Waals surface area contributed by atoms with Crippen molar-refractivity contribution in [1.82, 2.24) is 0 Å². The zero-order chi connectivity index (χ0) is 12.8. The van der Waals surface area contributed by atoms with E-state index in [0.717, 1.165) is 18.5 Å². The zero-order valence-electron chi connectivity index (χ0n) is 9.87. The van der Waals surface area contributed by atoms with Crippen molar-refractivity contribution in [2.75, 3.05) is 5.32 Å². The van der Waals surface area contributed by atoms with Crippen molar-refractivity contribution in [1.29, 1.82) is 0 Å². The number of allylic oxidation sites excluding steroid dienone is 1. The molecule has 1 aromatic carbocycles. The van der Waals surface area contributed by atoms with E-state index >= 15 is 0 Å². The van der Waals surface area contributed by atoms with Crippen molar-refractivity contribution in [3.63, 3.8) is 0 Å². The van der Waals surface area contributed by atoms with Crippen LogP contribution < -0.4 is 11.1 Å². The number of primary amides is 1. The fourth-order valence-corrected chi connectivity index (χ4v) is 1.80. The van der Waals surface area contributed by atoms with Gasteiger partial charge in [0.2, 0.25) is 5.91 Å². The molecule has 0 bridgehead atoms. The van der Waals surface area contributed by atoms with E-state index in [1.807, 2.05) is 6.08 Å². The van der Waals surface area contributed by atoms with Crippen LogP contribution in [0, 0.1) is 0 Å². The molecule has 0 heterocycles. The van der Waals surface area contributed by atoms with Gasteiger partial charge in [0.25, 0.3) is 0 Å². The molecule has 1 aromatic rings. The number of anilines is 1. The zero-order valence-corrected chi connectivity index (χ0v) is 10.6. The van der Waals surface area contributed by atoms with E-state index in [1.54, 1.807) is 18.2 Å². The summed E-state index contributed by atoms with van der Waals surface area (Å²) in [5, 5.41) is 3.67. The van der Waals surface area contributed by atoms with Crippen molar-refractivity contribution >= 4 is 23.2 Å². The van der Waals surface area contributed by atoms with E-state index < -0.39 is 5.91 Å². The Morgan fingerprint density at radius 2 is 2.35 bits per heavy atom. The Morgan fingerprint density at radius 3 is 2.88 bits per heavy atom. The smallest absolute Gasteiger partial charge is 0.250 e. The number of carbonyl (C=O) groups is 1. The van der Waals surface area contributed by atoms with E-state index in [1.165, 1.54) is 0 Å². The van der Waals surface area contributed by atoms with Crippen LogP contribution in [0.4, 0.5) is 5.69 Å². The summed E-state index contributed by atoms with van der Waals surface area (Å²) in [6.45, 7) is 5.77. The topological polar surface area (TPSA) is 55.1 Å². The first-order valence-electron chi connectivity index (χ1n) is 5.51. The molecule has 17 heavy (non-hydrogen) atoms. The highest BCUT2D eigenvalue weighted by Gasteiger charge is 2.08. The van der Waals surface area contributed by atoms with Crippen molar-refractivity contribution in [3.8, 4) is 0 Å². The summed E-state index contributed by atoms with van der Waals surface area (Å²) in [4.78, 5) is 11.0. The van der Waals surface area contributed by atoms with Gasteiger partial charge in [0.05, 0.1) is 10.6 Å². The lowest BCUT2D eigenvalue weighted by Crippen LogP contribution is -2.15. The van der Waals surface area contributed by atoms with Gasteiger partial charge in [-0.1, -0.05) is 17.7 Å². The van der Waals surface area contributed by atoms with Crippen molar-refractivity contribution < 1.29 is 4.79 Å². The maximum atomic E-state index is 11.0. The van der Waals surface area contributed by atoms with E-state index in [9.17, 15) is 4.79 Å². The fourth-order valence-electron chi connectivity index (χ4n) is 1.53. The number of nitrogens with one attached hydrogen (secondary N) is 1. The highest BCUT2D eigenvalue weighted by Crippen LogP contribution is 2.21. The Hall–Kier alpha value is -1.48. The Kier molecular flexibility index (Phi) is 5.04. The van der Waals surface area contributed by atoms with Gasteiger partial charge in [0.15, 0.2) is 0 Å². The molecule has 1 unspecified atom stereocenters. The first-order chi connectivity index (χ1) is 8.04. The summed E-state index contributed by atoms with van der Waals surface area (Å²) in [5.41, 5.74) is 6.41. The minimum atomic E-state index is -0.513. The molecular formula is C13H17ClN2O. The summed E-state index contributed by atoms with van der Waals surface area (Å²) in [5.74, 6) is -0.513. The van der Waals surface area contributed by atoms with Crippen LogP contribution in [-0.2, 0) is 0 Å². The van der Waals surface area contributed by atoms with Crippen LogP contribution in [0.1, 0.15) is 30.1 Å². The van der Waals surface area contributed by atoms with Crippen LogP contribution in [0.3, 0.4) is 0 Å². The maximum Gasteiger partial charge on any atom is 0.250 e. The molecule has 0 aliphatic heterocycles. The number of nitrogens with two attached hydrogens (primary N) is 1. The summed E-state index contributed by atoms with van der Waals surface area (Å²) in [6.07, 6.45) is 3.85. The molecule has 4 heteroatoms. The lowest BCUT2D eigenvalue weighted by molar-refractivity contribution is 0.100. The number of benzene rings is 1. The minimum absolute atomic E-state index is 0.323. The summed E-state index contributed by atoms with van der Waals surface area (Å²) in [6, 6.07) is 5.47. The third kappa shape index (κ3) is 4.11. The Labute approximate surface area is 107 Å². The molecule has 3 N–H and O–H groups in total. The van der Waals surface area contributed by atoms with Gasteiger partial charge in [-0.2, -0.15) is 0 Å². The SMILES string of the molecule is C=CCCC(C)Nc1ccc(C(N)=O)c(Cl)c1. The number of hydrogen-bond donors (Lipinski definition) is 2. The second kappa shape index (κ2) is 6.30. The normalized spacial score (nSPS) is 11.9. The van der Waals surface area contributed by atoms with Crippen LogP contribution in [0.2, 0.25) is 5.02 Å². The average molecular weight is 253 g/mol. The van der Waals surface area contributed by atoms with Gasteiger partial charge in [-0.25, -0.2) is 0 Å². The van der Waals surface area contributed by atoms with E-state index in [2.05, 4.69) is 18.8 Å². The van der Waals surface area contributed by atoms with Crippen LogP contribution in [0.5, 0.6) is 0 Å². The lowest BCUT2D eigenvalue weighted by Gasteiger charge is -2.15. The standard InChI is InChI=1S/C13H17ClN2O/c1-3-4-5-9(2)16-10-6-7-11(13(15)17)12(14)8-10/h3,6-9,16H,1,4-5H2,2H3,(H2,15,17). The molecule has 92 valence electrons. The highest BCUT2D eigenvalue weighted by atomic mass is 35.5. The average Bonchev–Trinajstić information content (AvgIpc) is 2.26. The van der Waals surface area contributed by atoms with Crippen LogP contribution in [0.25, 0.3) is 0 Å². The molecule has 1 rings (SSSR count). The van der Waals surface area contributed by atoms with Gasteiger partial charge in [-0.3, -0.25) is 4.79 Å². The molecule has 0 aromatic heterocycles. The Bertz CT molecular complexity index is 418. The number of hydrogen-bond acceptors (Lipinski definition) is 2. The van der Waals surface area contributed by atoms with Crippen molar-refractivity contribution in [3.05, 3.63) is 41.4 Å². The van der Waals surface area contributed by atoms with E-state index in [0.29, 0.717) is 16.6 Å². The quantitative estimate of drug-likeness (QED) is 0.764. The molecule has 0 fully saturated rings. The second-order valence-corrected chi connectivity index (χ2v) is 4.38. The minimum Gasteiger partial charge on any atom is -0.383 e. The number of rotatable bonds is 6. The fraction of sp³-hybridized carbons (Fsp3) is 0.308. The van der Waals surface area contributed by atoms with Crippen LogP contribution in [0.15, 0.2) is 30.9 Å². The predicted molar refractivity (Wildman–Crippen MR) is 72.5 cm³/mol. The molecule has 0 saturated carbocycles. The highest BCUT2D eigenvalue weighted by molar-refractivity contribution is 6.34. The maximum absolute atomic E-state index is 11.0. The number of amides is 1. The van der Waals surface area contributed by atoms with Crippen molar-refractivity contribution in [2.24, 2.45) is 5.73 Å². The lowest BCUT2D eigenvalue weighted by atomic mass is 10.1. The predicted octanol–water partition coefficient (Wildman–Crippen LogP) is 3.21. The van der Waals surface area contributed by atoms with Gasteiger partial charge in [-0.15, -0.1) is 6.58 Å². The van der Waals surface area contributed by atoms with Crippen molar-refractivity contribution in [2.45, 2.75) is 25.8 Å². The Morgan fingerprint density at radius 1 is 1.65 bits per heavy atom. The first kappa shape index (κ1) is 13.6. The van der Waals surface area contributed by atoms with Crippen LogP contribution in [-0.4, -0.2) is 11.9 Å². The second-order valence-electron chi connectivity index (χ2n) is 3.97. The van der Waals surface area contributed by atoms with Crippen LogP contribution >= 0.6 is 11.6 Å². The molecule has 0 saturated heterocycles. The van der Waals surface area contributed by atoms with E-state index in [4.69, 9.17) is 17.3 Å². The molecule has 3 nitrogen and oxygen atoms in total. The molecular weight excluding hydrogens is 236 g/mol. The van der Waals surface area contributed by atoms with Gasteiger partial charge >= 0.3 is 0 Å². The monoisotopic (exact) mass is 252 g/mol. The molecule has 0 spiro atoms. The molecule has 0 radical (unpaired) electrons. The summed E-state index contributed by atoms with van der Waals surface area (Å²) in [7, 11) is 0. The summed E-state index contributed by atoms with van der Waals surface area (Å²) >= 11 is 5.96. The summed E-state index contributed by atoms with van der Waals surface area (Å²) < 4.78 is 0. The molecule has 1 atom stereocenters.